The smallest absolute Gasteiger partial charge is 0.239 e. The van der Waals surface area contributed by atoms with Crippen molar-refractivity contribution in [2.24, 2.45) is 10.2 Å². The highest BCUT2D eigenvalue weighted by Crippen LogP contribution is 2.39. The predicted octanol–water partition coefficient (Wildman–Crippen LogP) is 8.74. The minimum atomic E-state index is 0.409. The minimum Gasteiger partial charge on any atom is -0.497 e. The lowest BCUT2D eigenvalue weighted by atomic mass is 9.96. The van der Waals surface area contributed by atoms with E-state index in [1.807, 2.05) is 67.8 Å². The SMILES string of the molecule is CCn1cc(C=NN=c2cc(-c3ccccc3)c3cc4c(-c5ccccc5)coc4c(C)c3o2)c2cc(OC)ccc21. The van der Waals surface area contributed by atoms with Gasteiger partial charge in [-0.15, -0.1) is 5.10 Å². The summed E-state index contributed by atoms with van der Waals surface area (Å²) >= 11 is 0. The van der Waals surface area contributed by atoms with E-state index in [4.69, 9.17) is 13.6 Å². The van der Waals surface area contributed by atoms with Crippen LogP contribution in [-0.2, 0) is 6.54 Å². The van der Waals surface area contributed by atoms with E-state index in [1.54, 1.807) is 13.3 Å². The van der Waals surface area contributed by atoms with Crippen molar-refractivity contribution in [1.82, 2.24) is 4.57 Å². The number of furan rings is 1. The van der Waals surface area contributed by atoms with Gasteiger partial charge in [-0.2, -0.15) is 5.10 Å². The highest BCUT2D eigenvalue weighted by Gasteiger charge is 2.17. The van der Waals surface area contributed by atoms with Crippen molar-refractivity contribution in [1.29, 1.82) is 0 Å². The quantitative estimate of drug-likeness (QED) is 0.153. The molecule has 0 aliphatic heterocycles. The summed E-state index contributed by atoms with van der Waals surface area (Å²) in [6, 6.07) is 30.8. The molecule has 0 aliphatic carbocycles. The first-order valence-corrected chi connectivity index (χ1v) is 14.0. The molecule has 0 N–H and O–H groups in total. The van der Waals surface area contributed by atoms with Crippen LogP contribution in [0.1, 0.15) is 18.1 Å². The summed E-state index contributed by atoms with van der Waals surface area (Å²) in [4.78, 5) is 0. The van der Waals surface area contributed by atoms with Crippen molar-refractivity contribution in [3.63, 3.8) is 0 Å². The van der Waals surface area contributed by atoms with Crippen LogP contribution in [0.5, 0.6) is 5.75 Å². The van der Waals surface area contributed by atoms with Gasteiger partial charge < -0.3 is 18.1 Å². The Bertz CT molecular complexity index is 2170. The molecule has 3 aromatic heterocycles. The van der Waals surface area contributed by atoms with E-state index in [2.05, 4.69) is 64.3 Å². The predicted molar refractivity (Wildman–Crippen MR) is 169 cm³/mol. The Kier molecular flexibility index (Phi) is 6.44. The monoisotopic (exact) mass is 551 g/mol. The highest BCUT2D eigenvalue weighted by molar-refractivity contribution is 6.08. The average molecular weight is 552 g/mol. The van der Waals surface area contributed by atoms with Crippen LogP contribution in [0.3, 0.4) is 0 Å². The molecule has 0 atom stereocenters. The van der Waals surface area contributed by atoms with Gasteiger partial charge in [0.05, 0.1) is 19.6 Å². The number of nitrogens with zero attached hydrogens (tertiary/aromatic N) is 3. The topological polar surface area (TPSA) is 65.2 Å². The average Bonchev–Trinajstić information content (AvgIpc) is 3.63. The first kappa shape index (κ1) is 25.6. The van der Waals surface area contributed by atoms with Crippen LogP contribution in [0.25, 0.3) is 55.1 Å². The first-order chi connectivity index (χ1) is 20.6. The molecule has 0 amide bonds. The Morgan fingerprint density at radius 2 is 1.52 bits per heavy atom. The van der Waals surface area contributed by atoms with Gasteiger partial charge in [0.1, 0.15) is 16.9 Å². The van der Waals surface area contributed by atoms with Crippen molar-refractivity contribution in [3.05, 3.63) is 120 Å². The lowest BCUT2D eigenvalue weighted by Crippen LogP contribution is -2.02. The summed E-state index contributed by atoms with van der Waals surface area (Å²) in [5, 5.41) is 12.1. The van der Waals surface area contributed by atoms with Crippen LogP contribution in [0, 0.1) is 6.92 Å². The molecule has 0 unspecified atom stereocenters. The molecule has 0 spiro atoms. The Hall–Kier alpha value is -5.36. The van der Waals surface area contributed by atoms with Crippen molar-refractivity contribution in [2.75, 3.05) is 7.11 Å². The van der Waals surface area contributed by atoms with E-state index in [-0.39, 0.29) is 0 Å². The van der Waals surface area contributed by atoms with Gasteiger partial charge in [-0.1, -0.05) is 60.7 Å². The maximum Gasteiger partial charge on any atom is 0.239 e. The van der Waals surface area contributed by atoms with Gasteiger partial charge in [0, 0.05) is 57.2 Å². The molecule has 0 fully saturated rings. The number of fused-ring (bicyclic) bond motifs is 3. The minimum absolute atomic E-state index is 0.409. The normalized spacial score (nSPS) is 12.3. The van der Waals surface area contributed by atoms with E-state index in [1.165, 1.54) is 0 Å². The molecule has 0 saturated carbocycles. The summed E-state index contributed by atoms with van der Waals surface area (Å²) in [6.45, 7) is 5.00. The van der Waals surface area contributed by atoms with E-state index in [0.29, 0.717) is 5.55 Å². The number of ether oxygens (including phenoxy) is 1. The number of hydrogen-bond acceptors (Lipinski definition) is 5. The number of rotatable bonds is 6. The summed E-state index contributed by atoms with van der Waals surface area (Å²) < 4.78 is 20.2. The van der Waals surface area contributed by atoms with Gasteiger partial charge in [0.2, 0.25) is 5.55 Å². The lowest BCUT2D eigenvalue weighted by molar-refractivity contribution is 0.415. The number of hydrogen-bond donors (Lipinski definition) is 0. The molecule has 42 heavy (non-hydrogen) atoms. The third-order valence-electron chi connectivity index (χ3n) is 7.79. The molecular weight excluding hydrogens is 522 g/mol. The number of aryl methyl sites for hydroxylation is 2. The molecule has 6 nitrogen and oxygen atoms in total. The lowest BCUT2D eigenvalue weighted by Gasteiger charge is -2.09. The zero-order chi connectivity index (χ0) is 28.6. The van der Waals surface area contributed by atoms with Gasteiger partial charge in [-0.25, -0.2) is 0 Å². The largest absolute Gasteiger partial charge is 0.497 e. The first-order valence-electron chi connectivity index (χ1n) is 14.0. The van der Waals surface area contributed by atoms with Gasteiger partial charge in [0.25, 0.3) is 0 Å². The molecule has 6 heteroatoms. The third-order valence-corrected chi connectivity index (χ3v) is 7.79. The molecule has 0 saturated heterocycles. The van der Waals surface area contributed by atoms with Crippen molar-refractivity contribution in [3.8, 4) is 28.0 Å². The Morgan fingerprint density at radius 1 is 0.810 bits per heavy atom. The maximum absolute atomic E-state index is 6.40. The fourth-order valence-electron chi connectivity index (χ4n) is 5.67. The van der Waals surface area contributed by atoms with Gasteiger partial charge in [-0.05, 0) is 54.8 Å². The van der Waals surface area contributed by atoms with Crippen LogP contribution < -0.4 is 10.3 Å². The second kappa shape index (κ2) is 10.6. The van der Waals surface area contributed by atoms with Crippen molar-refractivity contribution >= 4 is 39.1 Å². The molecule has 0 radical (unpaired) electrons. The van der Waals surface area contributed by atoms with Crippen molar-refractivity contribution < 1.29 is 13.6 Å². The maximum atomic E-state index is 6.40. The third kappa shape index (κ3) is 4.38. The fraction of sp³-hybridized carbons (Fsp3) is 0.111. The molecule has 0 bridgehead atoms. The van der Waals surface area contributed by atoms with Gasteiger partial charge >= 0.3 is 0 Å². The standard InChI is InChI=1S/C36H29N3O3/c1-4-39-21-26(29-17-27(40-3)15-16-33(29)39)20-37-38-34-19-28(24-11-7-5-8-12-24)30-18-31-32(25-13-9-6-10-14-25)22-41-35(31)23(2)36(30)42-34/h5-22H,4H2,1-3H3. The van der Waals surface area contributed by atoms with E-state index < -0.39 is 0 Å². The van der Waals surface area contributed by atoms with Crippen LogP contribution in [-0.4, -0.2) is 17.9 Å². The zero-order valence-corrected chi connectivity index (χ0v) is 23.7. The van der Waals surface area contributed by atoms with Gasteiger partial charge in [-0.3, -0.25) is 0 Å². The number of benzene rings is 4. The van der Waals surface area contributed by atoms with E-state index >= 15 is 0 Å². The summed E-state index contributed by atoms with van der Waals surface area (Å²) in [7, 11) is 1.67. The Labute approximate surface area is 242 Å². The molecular formula is C36H29N3O3. The van der Waals surface area contributed by atoms with Crippen LogP contribution in [0.2, 0.25) is 0 Å². The highest BCUT2D eigenvalue weighted by atomic mass is 16.5. The Balaban J connectivity index is 1.41. The van der Waals surface area contributed by atoms with Gasteiger partial charge in [0.15, 0.2) is 0 Å². The second-order valence-corrected chi connectivity index (χ2v) is 10.2. The van der Waals surface area contributed by atoms with Crippen LogP contribution >= 0.6 is 0 Å². The number of methoxy groups -OCH3 is 1. The molecule has 206 valence electrons. The van der Waals surface area contributed by atoms with Crippen LogP contribution in [0.4, 0.5) is 0 Å². The van der Waals surface area contributed by atoms with Crippen LogP contribution in [0.15, 0.2) is 122 Å². The summed E-state index contributed by atoms with van der Waals surface area (Å²) in [5.41, 5.74) is 9.17. The molecule has 7 rings (SSSR count). The zero-order valence-electron chi connectivity index (χ0n) is 23.7. The molecule has 3 heterocycles. The molecule has 0 aliphatic rings. The number of aromatic nitrogens is 1. The van der Waals surface area contributed by atoms with E-state index in [0.717, 1.165) is 78.5 Å². The summed E-state index contributed by atoms with van der Waals surface area (Å²) in [5.74, 6) is 0.801. The fourth-order valence-corrected chi connectivity index (χ4v) is 5.67. The Morgan fingerprint density at radius 3 is 2.24 bits per heavy atom. The van der Waals surface area contributed by atoms with Crippen molar-refractivity contribution in [2.45, 2.75) is 20.4 Å². The van der Waals surface area contributed by atoms with E-state index in [9.17, 15) is 0 Å². The molecule has 4 aromatic carbocycles. The second-order valence-electron chi connectivity index (χ2n) is 10.2. The molecule has 7 aromatic rings. The summed E-state index contributed by atoms with van der Waals surface area (Å²) in [6.07, 6.45) is 5.67.